The van der Waals surface area contributed by atoms with Crippen molar-refractivity contribution in [3.8, 4) is 0 Å². The third kappa shape index (κ3) is 2.09. The van der Waals surface area contributed by atoms with E-state index < -0.39 is 17.6 Å². The molecule has 1 atom stereocenters. The molecule has 0 amide bonds. The van der Waals surface area contributed by atoms with E-state index in [0.29, 0.717) is 6.42 Å². The van der Waals surface area contributed by atoms with E-state index >= 15 is 0 Å². The fraction of sp³-hybridized carbons (Fsp3) is 0.188. The van der Waals surface area contributed by atoms with Crippen LogP contribution in [0.25, 0.3) is 0 Å². The van der Waals surface area contributed by atoms with E-state index in [0.717, 1.165) is 11.1 Å². The first kappa shape index (κ1) is 12.8. The van der Waals surface area contributed by atoms with Crippen LogP contribution in [0.1, 0.15) is 17.5 Å². The molecule has 2 aromatic carbocycles. The molecule has 0 radical (unpaired) electrons. The Morgan fingerprint density at radius 1 is 1.05 bits per heavy atom. The average Bonchev–Trinajstić information content (AvgIpc) is 2.96. The molecule has 2 aromatic rings. The molecule has 0 aliphatic carbocycles. The molecule has 0 saturated carbocycles. The summed E-state index contributed by atoms with van der Waals surface area (Å²) in [6.07, 6.45) is 0.357. The van der Waals surface area contributed by atoms with Crippen LogP contribution in [0.15, 0.2) is 60.7 Å². The van der Waals surface area contributed by atoms with Crippen molar-refractivity contribution in [2.24, 2.45) is 0 Å². The van der Waals surface area contributed by atoms with Crippen molar-refractivity contribution in [3.05, 3.63) is 71.8 Å². The third-order valence-corrected chi connectivity index (χ3v) is 3.65. The highest BCUT2D eigenvalue weighted by atomic mass is 16.7. The van der Waals surface area contributed by atoms with Crippen LogP contribution < -0.4 is 5.48 Å². The minimum atomic E-state index is -0.904. The van der Waals surface area contributed by atoms with E-state index in [1.807, 2.05) is 60.7 Å². The zero-order chi connectivity index (χ0) is 14.0. The van der Waals surface area contributed by atoms with Crippen LogP contribution in [0, 0.1) is 0 Å². The molecule has 4 nitrogen and oxygen atoms in total. The van der Waals surface area contributed by atoms with Gasteiger partial charge in [-0.25, -0.2) is 0 Å². The SMILES string of the molecule is O=C(O)C1CC(c2ccccc2)(c2ccccc2)ON1. The lowest BCUT2D eigenvalue weighted by Gasteiger charge is -2.28. The molecule has 1 unspecified atom stereocenters. The van der Waals surface area contributed by atoms with Gasteiger partial charge in [0.25, 0.3) is 0 Å². The lowest BCUT2D eigenvalue weighted by Crippen LogP contribution is -2.29. The smallest absolute Gasteiger partial charge is 0.323 e. The van der Waals surface area contributed by atoms with Gasteiger partial charge in [0.15, 0.2) is 0 Å². The molecular weight excluding hydrogens is 254 g/mol. The predicted molar refractivity (Wildman–Crippen MR) is 73.9 cm³/mol. The van der Waals surface area contributed by atoms with Gasteiger partial charge in [0.1, 0.15) is 11.6 Å². The molecule has 0 spiro atoms. The molecule has 1 aliphatic heterocycles. The van der Waals surface area contributed by atoms with Crippen LogP contribution in [0.3, 0.4) is 0 Å². The highest BCUT2D eigenvalue weighted by molar-refractivity contribution is 5.74. The van der Waals surface area contributed by atoms with Crippen LogP contribution in [-0.4, -0.2) is 17.1 Å². The van der Waals surface area contributed by atoms with Gasteiger partial charge in [-0.2, -0.15) is 5.48 Å². The zero-order valence-electron chi connectivity index (χ0n) is 10.8. The second kappa shape index (κ2) is 5.07. The molecule has 2 N–H and O–H groups in total. The van der Waals surface area contributed by atoms with Crippen molar-refractivity contribution in [1.82, 2.24) is 5.48 Å². The van der Waals surface area contributed by atoms with Gasteiger partial charge in [-0.3, -0.25) is 9.63 Å². The van der Waals surface area contributed by atoms with Gasteiger partial charge >= 0.3 is 5.97 Å². The maximum absolute atomic E-state index is 11.2. The molecule has 1 fully saturated rings. The third-order valence-electron chi connectivity index (χ3n) is 3.65. The van der Waals surface area contributed by atoms with Gasteiger partial charge in [-0.05, 0) is 11.1 Å². The van der Waals surface area contributed by atoms with E-state index in [2.05, 4.69) is 5.48 Å². The van der Waals surface area contributed by atoms with Crippen molar-refractivity contribution in [1.29, 1.82) is 0 Å². The fourth-order valence-electron chi connectivity index (χ4n) is 2.62. The van der Waals surface area contributed by atoms with Crippen molar-refractivity contribution >= 4 is 5.97 Å². The molecule has 4 heteroatoms. The van der Waals surface area contributed by atoms with Crippen LogP contribution in [-0.2, 0) is 15.2 Å². The molecular formula is C16H15NO3. The summed E-state index contributed by atoms with van der Waals surface area (Å²) in [5, 5.41) is 9.20. The molecule has 0 aromatic heterocycles. The van der Waals surface area contributed by atoms with Crippen molar-refractivity contribution in [3.63, 3.8) is 0 Å². The maximum atomic E-state index is 11.2. The van der Waals surface area contributed by atoms with Gasteiger partial charge in [-0.15, -0.1) is 0 Å². The topological polar surface area (TPSA) is 58.6 Å². The molecule has 1 aliphatic rings. The highest BCUT2D eigenvalue weighted by Gasteiger charge is 2.46. The first-order valence-electron chi connectivity index (χ1n) is 6.50. The minimum absolute atomic E-state index is 0.357. The normalized spacial score (nSPS) is 20.7. The Bertz CT molecular complexity index is 558. The number of benzene rings is 2. The Morgan fingerprint density at radius 2 is 1.55 bits per heavy atom. The molecule has 1 saturated heterocycles. The first-order valence-corrected chi connectivity index (χ1v) is 6.50. The molecule has 102 valence electrons. The largest absolute Gasteiger partial charge is 0.480 e. The summed E-state index contributed by atoms with van der Waals surface area (Å²) in [7, 11) is 0. The van der Waals surface area contributed by atoms with Crippen molar-refractivity contribution in [2.45, 2.75) is 18.1 Å². The van der Waals surface area contributed by atoms with Gasteiger partial charge in [0.2, 0.25) is 0 Å². The summed E-state index contributed by atoms with van der Waals surface area (Å²) in [6.45, 7) is 0. The number of aliphatic carboxylic acids is 1. The predicted octanol–water partition coefficient (Wildman–Crippen LogP) is 2.31. The van der Waals surface area contributed by atoms with Gasteiger partial charge in [0, 0.05) is 6.42 Å². The standard InChI is InChI=1S/C16H15NO3/c18-15(19)14-11-16(20-17-14,12-7-3-1-4-8-12)13-9-5-2-6-10-13/h1-10,14,17H,11H2,(H,18,19). The zero-order valence-corrected chi connectivity index (χ0v) is 10.8. The maximum Gasteiger partial charge on any atom is 0.323 e. The summed E-state index contributed by atoms with van der Waals surface area (Å²) in [5.41, 5.74) is 3.78. The van der Waals surface area contributed by atoms with Crippen molar-refractivity contribution in [2.75, 3.05) is 0 Å². The average molecular weight is 269 g/mol. The Labute approximate surface area is 117 Å². The number of hydrogen-bond donors (Lipinski definition) is 2. The Morgan fingerprint density at radius 3 is 1.95 bits per heavy atom. The molecule has 3 rings (SSSR count). The summed E-state index contributed by atoms with van der Waals surface area (Å²) in [5.74, 6) is -0.904. The minimum Gasteiger partial charge on any atom is -0.480 e. The Kier molecular flexibility index (Phi) is 3.26. The molecule has 0 bridgehead atoms. The van der Waals surface area contributed by atoms with Gasteiger partial charge < -0.3 is 5.11 Å². The summed E-state index contributed by atoms with van der Waals surface area (Å²) >= 11 is 0. The van der Waals surface area contributed by atoms with Gasteiger partial charge in [0.05, 0.1) is 0 Å². The number of carbonyl (C=O) groups is 1. The highest BCUT2D eigenvalue weighted by Crippen LogP contribution is 2.40. The van der Waals surface area contributed by atoms with Crippen LogP contribution in [0.4, 0.5) is 0 Å². The number of hydroxylamine groups is 1. The van der Waals surface area contributed by atoms with Crippen LogP contribution in [0.5, 0.6) is 0 Å². The second-order valence-corrected chi connectivity index (χ2v) is 4.87. The number of hydrogen-bond acceptors (Lipinski definition) is 3. The quantitative estimate of drug-likeness (QED) is 0.897. The first-order chi connectivity index (χ1) is 9.72. The number of carboxylic acids is 1. The van der Waals surface area contributed by atoms with Crippen LogP contribution >= 0.6 is 0 Å². The van der Waals surface area contributed by atoms with E-state index in [1.165, 1.54) is 0 Å². The fourth-order valence-corrected chi connectivity index (χ4v) is 2.62. The van der Waals surface area contributed by atoms with E-state index in [9.17, 15) is 9.90 Å². The number of rotatable bonds is 3. The summed E-state index contributed by atoms with van der Waals surface area (Å²) in [6, 6.07) is 18.7. The summed E-state index contributed by atoms with van der Waals surface area (Å²) in [4.78, 5) is 17.0. The molecule has 1 heterocycles. The number of carboxylic acid groups (broad SMARTS) is 1. The summed E-state index contributed by atoms with van der Waals surface area (Å²) < 4.78 is 0. The monoisotopic (exact) mass is 269 g/mol. The lowest BCUT2D eigenvalue weighted by atomic mass is 9.82. The van der Waals surface area contributed by atoms with Gasteiger partial charge in [-0.1, -0.05) is 60.7 Å². The molecule has 20 heavy (non-hydrogen) atoms. The van der Waals surface area contributed by atoms with E-state index in [4.69, 9.17) is 4.84 Å². The second-order valence-electron chi connectivity index (χ2n) is 4.87. The number of nitrogens with one attached hydrogen (secondary N) is 1. The van der Waals surface area contributed by atoms with E-state index in [-0.39, 0.29) is 0 Å². The Balaban J connectivity index is 2.08. The lowest BCUT2D eigenvalue weighted by molar-refractivity contribution is -0.140. The van der Waals surface area contributed by atoms with E-state index in [1.54, 1.807) is 0 Å². The van der Waals surface area contributed by atoms with Crippen LogP contribution in [0.2, 0.25) is 0 Å². The van der Waals surface area contributed by atoms with Crippen molar-refractivity contribution < 1.29 is 14.7 Å². The Hall–Kier alpha value is -2.17.